The number of methoxy groups -OCH3 is 2. The van der Waals surface area contributed by atoms with Crippen LogP contribution in [0.2, 0.25) is 0 Å². The molecule has 1 heterocycles. The van der Waals surface area contributed by atoms with E-state index in [2.05, 4.69) is 11.1 Å². The SMILES string of the molecule is COc1c[c-]cc(C2=NC(C)(C)CO2)c1OC.[Li+]. The molecule has 0 atom stereocenters. The van der Waals surface area contributed by atoms with Crippen LogP contribution in [0.25, 0.3) is 0 Å². The van der Waals surface area contributed by atoms with E-state index >= 15 is 0 Å². The standard InChI is InChI=1S/C13H16NO3.Li/c1-13(2)8-17-12(14-13)9-6-5-7-10(15-3)11(9)16-4;/h6-7H,8H2,1-4H3;/q-1;+1. The predicted octanol–water partition coefficient (Wildman–Crippen LogP) is -0.937. The Morgan fingerprint density at radius 2 is 2.00 bits per heavy atom. The van der Waals surface area contributed by atoms with Crippen molar-refractivity contribution in [3.05, 3.63) is 23.8 Å². The fourth-order valence-corrected chi connectivity index (χ4v) is 1.71. The first-order valence-electron chi connectivity index (χ1n) is 5.42. The number of benzene rings is 1. The normalized spacial score (nSPS) is 16.3. The zero-order valence-corrected chi connectivity index (χ0v) is 11.5. The van der Waals surface area contributed by atoms with E-state index in [-0.39, 0.29) is 24.4 Å². The smallest absolute Gasteiger partial charge is 0.551 e. The Labute approximate surface area is 120 Å². The van der Waals surface area contributed by atoms with Crippen LogP contribution in [0.15, 0.2) is 17.1 Å². The molecule has 0 aromatic heterocycles. The molecule has 0 spiro atoms. The molecule has 0 saturated heterocycles. The fourth-order valence-electron chi connectivity index (χ4n) is 1.71. The third-order valence-electron chi connectivity index (χ3n) is 2.53. The monoisotopic (exact) mass is 241 g/mol. The Kier molecular flexibility index (Phi) is 4.72. The van der Waals surface area contributed by atoms with Crippen LogP contribution in [0.1, 0.15) is 19.4 Å². The summed E-state index contributed by atoms with van der Waals surface area (Å²) in [6, 6.07) is 6.51. The molecule has 0 saturated carbocycles. The van der Waals surface area contributed by atoms with Crippen molar-refractivity contribution in [3.8, 4) is 11.5 Å². The third kappa shape index (κ3) is 2.82. The van der Waals surface area contributed by atoms with Gasteiger partial charge in [-0.1, -0.05) is 0 Å². The Morgan fingerprint density at radius 1 is 1.28 bits per heavy atom. The van der Waals surface area contributed by atoms with Crippen LogP contribution in [0.4, 0.5) is 0 Å². The van der Waals surface area contributed by atoms with Gasteiger partial charge < -0.3 is 14.2 Å². The molecule has 2 rings (SSSR count). The molecule has 0 bridgehead atoms. The molecular weight excluding hydrogens is 225 g/mol. The molecular formula is C13H16LiNO3. The van der Waals surface area contributed by atoms with Crippen LogP contribution < -0.4 is 28.3 Å². The molecule has 0 unspecified atom stereocenters. The molecule has 1 aromatic carbocycles. The van der Waals surface area contributed by atoms with Crippen molar-refractivity contribution in [1.82, 2.24) is 0 Å². The summed E-state index contributed by atoms with van der Waals surface area (Å²) in [5.41, 5.74) is 0.584. The van der Waals surface area contributed by atoms with Gasteiger partial charge in [0.1, 0.15) is 6.61 Å². The van der Waals surface area contributed by atoms with Crippen molar-refractivity contribution >= 4 is 5.90 Å². The molecule has 0 N–H and O–H groups in total. The molecule has 1 aliphatic rings. The minimum Gasteiger partial charge on any atom is -0.551 e. The molecule has 18 heavy (non-hydrogen) atoms. The molecule has 5 heteroatoms. The van der Waals surface area contributed by atoms with E-state index < -0.39 is 0 Å². The second-order valence-corrected chi connectivity index (χ2v) is 4.49. The predicted molar refractivity (Wildman–Crippen MR) is 65.0 cm³/mol. The van der Waals surface area contributed by atoms with Gasteiger partial charge >= 0.3 is 18.9 Å². The minimum atomic E-state index is -0.191. The fraction of sp³-hybridized carbons (Fsp3) is 0.462. The quantitative estimate of drug-likeness (QED) is 0.507. The average molecular weight is 241 g/mol. The van der Waals surface area contributed by atoms with Crippen LogP contribution in [0.3, 0.4) is 0 Å². The summed E-state index contributed by atoms with van der Waals surface area (Å²) in [7, 11) is 3.19. The maximum Gasteiger partial charge on any atom is 1.00 e. The molecule has 0 fully saturated rings. The van der Waals surface area contributed by atoms with E-state index in [1.54, 1.807) is 26.4 Å². The number of ether oxygens (including phenoxy) is 3. The van der Waals surface area contributed by atoms with Gasteiger partial charge in [0.15, 0.2) is 5.90 Å². The first kappa shape index (κ1) is 14.9. The number of nitrogens with zero attached hydrogens (tertiary/aromatic N) is 1. The number of hydrogen-bond donors (Lipinski definition) is 0. The summed E-state index contributed by atoms with van der Waals surface area (Å²) >= 11 is 0. The maximum atomic E-state index is 5.59. The summed E-state index contributed by atoms with van der Waals surface area (Å²) in [5, 5.41) is 0. The minimum absolute atomic E-state index is 0. The van der Waals surface area contributed by atoms with E-state index in [1.807, 2.05) is 13.8 Å². The van der Waals surface area contributed by atoms with Crippen molar-refractivity contribution in [2.45, 2.75) is 19.4 Å². The molecule has 1 aromatic rings. The summed E-state index contributed by atoms with van der Waals surface area (Å²) < 4.78 is 16.2. The molecule has 4 nitrogen and oxygen atoms in total. The zero-order chi connectivity index (χ0) is 12.5. The van der Waals surface area contributed by atoms with Crippen LogP contribution in [-0.2, 0) is 4.74 Å². The number of rotatable bonds is 3. The van der Waals surface area contributed by atoms with E-state index in [1.165, 1.54) is 0 Å². The van der Waals surface area contributed by atoms with Gasteiger partial charge in [-0.2, -0.15) is 12.1 Å². The Morgan fingerprint density at radius 3 is 2.50 bits per heavy atom. The van der Waals surface area contributed by atoms with Gasteiger partial charge in [0.2, 0.25) is 0 Å². The van der Waals surface area contributed by atoms with Crippen molar-refractivity contribution in [3.63, 3.8) is 0 Å². The van der Waals surface area contributed by atoms with Crippen LogP contribution >= 0.6 is 0 Å². The van der Waals surface area contributed by atoms with Crippen molar-refractivity contribution in [2.75, 3.05) is 20.8 Å². The van der Waals surface area contributed by atoms with Crippen molar-refractivity contribution in [2.24, 2.45) is 4.99 Å². The first-order chi connectivity index (χ1) is 8.07. The van der Waals surface area contributed by atoms with Crippen LogP contribution in [0.5, 0.6) is 11.5 Å². The second kappa shape index (κ2) is 5.69. The number of aliphatic imine (C=N–C) groups is 1. The maximum absolute atomic E-state index is 5.59. The van der Waals surface area contributed by atoms with Gasteiger partial charge in [0, 0.05) is 5.75 Å². The molecule has 0 radical (unpaired) electrons. The van der Waals surface area contributed by atoms with Gasteiger partial charge in [-0.05, 0) is 19.4 Å². The van der Waals surface area contributed by atoms with Crippen LogP contribution in [-0.4, -0.2) is 32.3 Å². The Hall–Kier alpha value is -1.11. The van der Waals surface area contributed by atoms with Crippen molar-refractivity contribution < 1.29 is 33.1 Å². The zero-order valence-electron chi connectivity index (χ0n) is 11.5. The Balaban J connectivity index is 0.00000162. The molecule has 0 aliphatic carbocycles. The van der Waals surface area contributed by atoms with Gasteiger partial charge in [0.25, 0.3) is 0 Å². The third-order valence-corrected chi connectivity index (χ3v) is 2.53. The summed E-state index contributed by atoms with van der Waals surface area (Å²) in [4.78, 5) is 4.51. The largest absolute Gasteiger partial charge is 1.00 e. The van der Waals surface area contributed by atoms with E-state index in [9.17, 15) is 0 Å². The van der Waals surface area contributed by atoms with E-state index in [4.69, 9.17) is 14.2 Å². The molecule has 0 amide bonds. The molecule has 1 aliphatic heterocycles. The average Bonchev–Trinajstić information content (AvgIpc) is 2.68. The Bertz CT molecular complexity index is 458. The van der Waals surface area contributed by atoms with Crippen molar-refractivity contribution in [1.29, 1.82) is 0 Å². The van der Waals surface area contributed by atoms with Crippen LogP contribution in [0, 0.1) is 6.07 Å². The first-order valence-corrected chi connectivity index (χ1v) is 5.42. The van der Waals surface area contributed by atoms with Gasteiger partial charge in [-0.15, -0.1) is 6.07 Å². The summed E-state index contributed by atoms with van der Waals surface area (Å²) in [6.45, 7) is 4.62. The summed E-state index contributed by atoms with van der Waals surface area (Å²) in [5.74, 6) is 1.84. The second-order valence-electron chi connectivity index (χ2n) is 4.49. The summed E-state index contributed by atoms with van der Waals surface area (Å²) in [6.07, 6.45) is 0. The molecule has 92 valence electrons. The number of hydrogen-bond acceptors (Lipinski definition) is 4. The van der Waals surface area contributed by atoms with E-state index in [0.29, 0.717) is 24.0 Å². The van der Waals surface area contributed by atoms with Gasteiger partial charge in [-0.3, -0.25) is 4.99 Å². The topological polar surface area (TPSA) is 40.0 Å². The van der Waals surface area contributed by atoms with E-state index in [0.717, 1.165) is 5.56 Å². The van der Waals surface area contributed by atoms with Gasteiger partial charge in [-0.25, -0.2) is 0 Å². The van der Waals surface area contributed by atoms with Gasteiger partial charge in [0.05, 0.1) is 25.5 Å².